The third kappa shape index (κ3) is 3.67. The quantitative estimate of drug-likeness (QED) is 0.361. The number of aromatic nitrogens is 1. The molecule has 32 heavy (non-hydrogen) atoms. The molecule has 0 aliphatic carbocycles. The summed E-state index contributed by atoms with van der Waals surface area (Å²) in [6.07, 6.45) is 2.07. The molecule has 4 aromatic rings. The predicted octanol–water partition coefficient (Wildman–Crippen LogP) is 6.88. The number of rotatable bonds is 2. The number of amides is 2. The fraction of sp³-hybridized carbons (Fsp3) is 0.148. The van der Waals surface area contributed by atoms with Crippen molar-refractivity contribution in [3.63, 3.8) is 0 Å². The van der Waals surface area contributed by atoms with Gasteiger partial charge in [-0.1, -0.05) is 65.7 Å². The van der Waals surface area contributed by atoms with Crippen LogP contribution in [0.2, 0.25) is 5.02 Å². The van der Waals surface area contributed by atoms with Crippen molar-refractivity contribution in [3.8, 4) is 5.69 Å². The van der Waals surface area contributed by atoms with Gasteiger partial charge in [-0.2, -0.15) is 0 Å². The molecule has 0 fully saturated rings. The lowest BCUT2D eigenvalue weighted by molar-refractivity contribution is 0.194. The minimum Gasteiger partial charge on any atom is -0.318 e. The number of carbonyl (C=O) groups is 1. The highest BCUT2D eigenvalue weighted by Crippen LogP contribution is 2.37. The average Bonchev–Trinajstić information content (AvgIpc) is 3.20. The standard InChI is InChI=1S/C27H24ClN3O/c1-18-7-5-9-20(15-18)26-25-11-6-14-30(25)24-10-4-3-8-21(24)17-31(26)27(32)29-23-16-22(28)13-12-19(23)2/h3-16,26H,17H2,1-2H3,(H,29,32). The minimum absolute atomic E-state index is 0.161. The first-order valence-corrected chi connectivity index (χ1v) is 11.0. The Labute approximate surface area is 193 Å². The second-order valence-corrected chi connectivity index (χ2v) is 8.70. The van der Waals surface area contributed by atoms with E-state index >= 15 is 0 Å². The smallest absolute Gasteiger partial charge is 0.318 e. The van der Waals surface area contributed by atoms with Gasteiger partial charge < -0.3 is 14.8 Å². The molecule has 1 N–H and O–H groups in total. The van der Waals surface area contributed by atoms with Crippen molar-refractivity contribution in [2.24, 2.45) is 0 Å². The molecule has 2 amide bonds. The topological polar surface area (TPSA) is 37.3 Å². The number of aryl methyl sites for hydroxylation is 2. The number of fused-ring (bicyclic) bond motifs is 3. The Morgan fingerprint density at radius 2 is 1.81 bits per heavy atom. The Kier molecular flexibility index (Phi) is 5.24. The molecule has 0 saturated heterocycles. The van der Waals surface area contributed by atoms with Gasteiger partial charge in [-0.25, -0.2) is 4.79 Å². The Hall–Kier alpha value is -3.50. The molecule has 0 bridgehead atoms. The molecule has 1 aliphatic heterocycles. The Morgan fingerprint density at radius 1 is 0.969 bits per heavy atom. The highest BCUT2D eigenvalue weighted by atomic mass is 35.5. The maximum Gasteiger partial charge on any atom is 0.322 e. The average molecular weight is 442 g/mol. The number of halogens is 1. The zero-order valence-corrected chi connectivity index (χ0v) is 18.8. The van der Waals surface area contributed by atoms with E-state index in [9.17, 15) is 4.79 Å². The molecule has 1 aliphatic rings. The SMILES string of the molecule is Cc1cccc(C2c3cccn3-c3ccccc3CN2C(=O)Nc2cc(Cl)ccc2C)c1. The molecular formula is C27H24ClN3O. The summed E-state index contributed by atoms with van der Waals surface area (Å²) >= 11 is 6.21. The monoisotopic (exact) mass is 441 g/mol. The van der Waals surface area contributed by atoms with E-state index in [1.54, 1.807) is 6.07 Å². The second-order valence-electron chi connectivity index (χ2n) is 8.27. The Bertz CT molecular complexity index is 1310. The summed E-state index contributed by atoms with van der Waals surface area (Å²) in [6.45, 7) is 4.53. The van der Waals surface area contributed by atoms with Gasteiger partial charge in [0.2, 0.25) is 0 Å². The largest absolute Gasteiger partial charge is 0.322 e. The lowest BCUT2D eigenvalue weighted by atomic mass is 10.00. The maximum atomic E-state index is 13.8. The van der Waals surface area contributed by atoms with E-state index in [0.717, 1.165) is 39.3 Å². The number of anilines is 1. The molecule has 160 valence electrons. The van der Waals surface area contributed by atoms with Gasteiger partial charge in [0.05, 0.1) is 18.3 Å². The molecule has 5 rings (SSSR count). The molecular weight excluding hydrogens is 418 g/mol. The van der Waals surface area contributed by atoms with Gasteiger partial charge in [0.15, 0.2) is 0 Å². The summed E-state index contributed by atoms with van der Waals surface area (Å²) in [7, 11) is 0. The van der Waals surface area contributed by atoms with Crippen LogP contribution in [0.25, 0.3) is 5.69 Å². The first-order chi connectivity index (χ1) is 15.5. The van der Waals surface area contributed by atoms with Crippen molar-refractivity contribution in [2.75, 3.05) is 5.32 Å². The third-order valence-electron chi connectivity index (χ3n) is 6.02. The van der Waals surface area contributed by atoms with E-state index in [-0.39, 0.29) is 12.1 Å². The maximum absolute atomic E-state index is 13.8. The first-order valence-electron chi connectivity index (χ1n) is 10.7. The lowest BCUT2D eigenvalue weighted by Gasteiger charge is -2.31. The first kappa shape index (κ1) is 20.4. The molecule has 0 radical (unpaired) electrons. The van der Waals surface area contributed by atoms with Gasteiger partial charge >= 0.3 is 6.03 Å². The molecule has 0 saturated carbocycles. The molecule has 1 aromatic heterocycles. The summed E-state index contributed by atoms with van der Waals surface area (Å²) in [5.41, 5.74) is 7.17. The summed E-state index contributed by atoms with van der Waals surface area (Å²) in [5.74, 6) is 0. The Balaban J connectivity index is 1.65. The minimum atomic E-state index is -0.239. The van der Waals surface area contributed by atoms with E-state index in [2.05, 4.69) is 59.4 Å². The number of carbonyl (C=O) groups excluding carboxylic acids is 1. The molecule has 3 aromatic carbocycles. The van der Waals surface area contributed by atoms with Crippen LogP contribution in [0.4, 0.5) is 10.5 Å². The van der Waals surface area contributed by atoms with Gasteiger partial charge in [-0.3, -0.25) is 0 Å². The van der Waals surface area contributed by atoms with Gasteiger partial charge in [-0.05, 0) is 60.9 Å². The second kappa shape index (κ2) is 8.21. The Morgan fingerprint density at radius 3 is 2.66 bits per heavy atom. The molecule has 4 nitrogen and oxygen atoms in total. The number of urea groups is 1. The van der Waals surface area contributed by atoms with Crippen LogP contribution >= 0.6 is 11.6 Å². The van der Waals surface area contributed by atoms with E-state index < -0.39 is 0 Å². The summed E-state index contributed by atoms with van der Waals surface area (Å²) in [6, 6.07) is 25.9. The molecule has 0 spiro atoms. The lowest BCUT2D eigenvalue weighted by Crippen LogP contribution is -2.38. The highest BCUT2D eigenvalue weighted by Gasteiger charge is 2.33. The summed E-state index contributed by atoms with van der Waals surface area (Å²) < 4.78 is 2.19. The number of nitrogens with zero attached hydrogens (tertiary/aromatic N) is 2. The molecule has 5 heteroatoms. The fourth-order valence-corrected chi connectivity index (χ4v) is 4.62. The van der Waals surface area contributed by atoms with Gasteiger partial charge in [-0.15, -0.1) is 0 Å². The van der Waals surface area contributed by atoms with Crippen molar-refractivity contribution in [1.82, 2.24) is 9.47 Å². The molecule has 1 atom stereocenters. The molecule has 1 unspecified atom stereocenters. The number of para-hydroxylation sites is 1. The van der Waals surface area contributed by atoms with Crippen LogP contribution in [0.15, 0.2) is 85.1 Å². The highest BCUT2D eigenvalue weighted by molar-refractivity contribution is 6.31. The van der Waals surface area contributed by atoms with Crippen LogP contribution in [0, 0.1) is 13.8 Å². The number of hydrogen-bond acceptors (Lipinski definition) is 1. The van der Waals surface area contributed by atoms with E-state index in [0.29, 0.717) is 11.6 Å². The van der Waals surface area contributed by atoms with Crippen molar-refractivity contribution in [3.05, 3.63) is 118 Å². The van der Waals surface area contributed by atoms with Gasteiger partial charge in [0.25, 0.3) is 0 Å². The van der Waals surface area contributed by atoms with E-state index in [1.807, 2.05) is 48.2 Å². The van der Waals surface area contributed by atoms with Crippen LogP contribution in [-0.4, -0.2) is 15.5 Å². The summed E-state index contributed by atoms with van der Waals surface area (Å²) in [5, 5.41) is 3.70. The van der Waals surface area contributed by atoms with Crippen LogP contribution in [0.5, 0.6) is 0 Å². The fourth-order valence-electron chi connectivity index (χ4n) is 4.45. The summed E-state index contributed by atoms with van der Waals surface area (Å²) in [4.78, 5) is 15.7. The van der Waals surface area contributed by atoms with E-state index in [4.69, 9.17) is 11.6 Å². The van der Waals surface area contributed by atoms with Crippen molar-refractivity contribution in [1.29, 1.82) is 0 Å². The predicted molar refractivity (Wildman–Crippen MR) is 130 cm³/mol. The number of hydrogen-bond donors (Lipinski definition) is 1. The van der Waals surface area contributed by atoms with Gasteiger partial charge in [0, 0.05) is 22.6 Å². The van der Waals surface area contributed by atoms with Crippen LogP contribution in [0.1, 0.15) is 34.0 Å². The number of benzene rings is 3. The molecule has 2 heterocycles. The van der Waals surface area contributed by atoms with Crippen LogP contribution in [0.3, 0.4) is 0 Å². The third-order valence-corrected chi connectivity index (χ3v) is 6.26. The number of nitrogens with one attached hydrogen (secondary N) is 1. The van der Waals surface area contributed by atoms with Crippen LogP contribution in [-0.2, 0) is 6.54 Å². The van der Waals surface area contributed by atoms with Crippen molar-refractivity contribution < 1.29 is 4.79 Å². The van der Waals surface area contributed by atoms with Crippen LogP contribution < -0.4 is 5.32 Å². The van der Waals surface area contributed by atoms with Crippen molar-refractivity contribution >= 4 is 23.3 Å². The zero-order chi connectivity index (χ0) is 22.2. The normalized spacial score (nSPS) is 15.0. The zero-order valence-electron chi connectivity index (χ0n) is 18.0. The van der Waals surface area contributed by atoms with Gasteiger partial charge in [0.1, 0.15) is 0 Å². The van der Waals surface area contributed by atoms with E-state index in [1.165, 1.54) is 0 Å². The van der Waals surface area contributed by atoms with Crippen molar-refractivity contribution in [2.45, 2.75) is 26.4 Å².